The minimum absolute atomic E-state index is 0.191. The fourth-order valence-electron chi connectivity index (χ4n) is 1.11. The summed E-state index contributed by atoms with van der Waals surface area (Å²) in [6, 6.07) is -1.77. The van der Waals surface area contributed by atoms with Gasteiger partial charge in [-0.25, -0.2) is 9.59 Å². The summed E-state index contributed by atoms with van der Waals surface area (Å²) in [7, 11) is 0. The summed E-state index contributed by atoms with van der Waals surface area (Å²) in [6.45, 7) is 6.98. The number of nitrogens with one attached hydrogen (secondary N) is 2. The van der Waals surface area contributed by atoms with Crippen LogP contribution in [0.2, 0.25) is 0 Å². The highest BCUT2D eigenvalue weighted by Gasteiger charge is 2.24. The smallest absolute Gasteiger partial charge is 0.326 e. The van der Waals surface area contributed by atoms with Crippen molar-refractivity contribution in [3.8, 4) is 0 Å². The second-order valence-electron chi connectivity index (χ2n) is 4.84. The third-order valence-electron chi connectivity index (χ3n) is 1.92. The normalized spacial score (nSPS) is 12.7. The number of ketones is 1. The fourth-order valence-corrected chi connectivity index (χ4v) is 1.11. The Hall–Kier alpha value is -1.59. The van der Waals surface area contributed by atoms with Gasteiger partial charge in [-0.3, -0.25) is 4.79 Å². The standard InChI is InChI=1S/C11H20N2O4/c1-5-7(14)6-8(9(15)16)12-10(17)13-11(2,3)4/h8H,5-6H2,1-4H3,(H,15,16)(H2,12,13,17). The molecule has 1 unspecified atom stereocenters. The van der Waals surface area contributed by atoms with Crippen LogP contribution < -0.4 is 10.6 Å². The van der Waals surface area contributed by atoms with Gasteiger partial charge in [-0.1, -0.05) is 6.92 Å². The van der Waals surface area contributed by atoms with Crippen molar-refractivity contribution in [3.05, 3.63) is 0 Å². The molecule has 2 amide bonds. The van der Waals surface area contributed by atoms with Gasteiger partial charge in [0.2, 0.25) is 0 Å². The van der Waals surface area contributed by atoms with Gasteiger partial charge in [0.1, 0.15) is 11.8 Å². The van der Waals surface area contributed by atoms with E-state index in [1.807, 2.05) is 0 Å². The lowest BCUT2D eigenvalue weighted by Gasteiger charge is -2.22. The van der Waals surface area contributed by atoms with Gasteiger partial charge in [0.15, 0.2) is 0 Å². The first-order chi connectivity index (χ1) is 7.65. The molecule has 0 bridgehead atoms. The molecule has 0 spiro atoms. The number of rotatable bonds is 5. The van der Waals surface area contributed by atoms with Gasteiger partial charge in [-0.05, 0) is 20.8 Å². The number of carboxylic acids is 1. The van der Waals surface area contributed by atoms with E-state index < -0.39 is 23.6 Å². The highest BCUT2D eigenvalue weighted by molar-refractivity contribution is 5.89. The zero-order chi connectivity index (χ0) is 13.6. The Bertz CT molecular complexity index is 307. The molecule has 0 aromatic heterocycles. The van der Waals surface area contributed by atoms with Crippen LogP contribution >= 0.6 is 0 Å². The first kappa shape index (κ1) is 15.4. The van der Waals surface area contributed by atoms with Crippen LogP contribution in [0.4, 0.5) is 4.79 Å². The fraction of sp³-hybridized carbons (Fsp3) is 0.727. The predicted octanol–water partition coefficient (Wildman–Crippen LogP) is 0.906. The number of carbonyl (C=O) groups is 3. The highest BCUT2D eigenvalue weighted by Crippen LogP contribution is 2.00. The summed E-state index contributed by atoms with van der Waals surface area (Å²) in [5.41, 5.74) is -0.456. The molecule has 0 saturated carbocycles. The molecule has 0 heterocycles. The van der Waals surface area contributed by atoms with E-state index >= 15 is 0 Å². The molecule has 0 aliphatic carbocycles. The molecule has 17 heavy (non-hydrogen) atoms. The Kier molecular flexibility index (Phi) is 5.64. The van der Waals surface area contributed by atoms with Crippen molar-refractivity contribution in [2.45, 2.75) is 52.1 Å². The molecule has 0 rings (SSSR count). The minimum atomic E-state index is -1.21. The van der Waals surface area contributed by atoms with Crippen LogP contribution in [0.15, 0.2) is 0 Å². The number of hydrogen-bond acceptors (Lipinski definition) is 3. The molecule has 0 radical (unpaired) electrons. The van der Waals surface area contributed by atoms with Gasteiger partial charge < -0.3 is 15.7 Å². The first-order valence-corrected chi connectivity index (χ1v) is 5.49. The molecular weight excluding hydrogens is 224 g/mol. The summed E-state index contributed by atoms with van der Waals surface area (Å²) in [5.74, 6) is -1.41. The summed E-state index contributed by atoms with van der Waals surface area (Å²) in [6.07, 6.45) is 0.0652. The lowest BCUT2D eigenvalue weighted by Crippen LogP contribution is -2.52. The van der Waals surface area contributed by atoms with E-state index in [1.54, 1.807) is 27.7 Å². The maximum Gasteiger partial charge on any atom is 0.326 e. The number of carbonyl (C=O) groups excluding carboxylic acids is 2. The maximum absolute atomic E-state index is 11.4. The van der Waals surface area contributed by atoms with Crippen molar-refractivity contribution in [1.29, 1.82) is 0 Å². The van der Waals surface area contributed by atoms with Crippen molar-refractivity contribution in [2.24, 2.45) is 0 Å². The molecule has 0 fully saturated rings. The van der Waals surface area contributed by atoms with Gasteiger partial charge in [0.25, 0.3) is 0 Å². The average Bonchev–Trinajstić information content (AvgIpc) is 2.13. The summed E-state index contributed by atoms with van der Waals surface area (Å²) in [4.78, 5) is 33.5. The molecule has 98 valence electrons. The van der Waals surface area contributed by atoms with Gasteiger partial charge in [-0.15, -0.1) is 0 Å². The topological polar surface area (TPSA) is 95.5 Å². The van der Waals surface area contributed by atoms with Crippen molar-refractivity contribution >= 4 is 17.8 Å². The molecule has 0 aromatic rings. The Balaban J connectivity index is 4.41. The number of Topliss-reactive ketones (excluding diaryl/α,β-unsaturated/α-hetero) is 1. The van der Waals surface area contributed by atoms with Gasteiger partial charge in [0, 0.05) is 18.4 Å². The van der Waals surface area contributed by atoms with Gasteiger partial charge in [-0.2, -0.15) is 0 Å². The predicted molar refractivity (Wildman–Crippen MR) is 62.8 cm³/mol. The van der Waals surface area contributed by atoms with Gasteiger partial charge >= 0.3 is 12.0 Å². The minimum Gasteiger partial charge on any atom is -0.480 e. The number of amides is 2. The summed E-state index contributed by atoms with van der Waals surface area (Å²) < 4.78 is 0. The highest BCUT2D eigenvalue weighted by atomic mass is 16.4. The third-order valence-corrected chi connectivity index (χ3v) is 1.92. The quantitative estimate of drug-likeness (QED) is 0.669. The molecule has 1 atom stereocenters. The van der Waals surface area contributed by atoms with E-state index in [-0.39, 0.29) is 18.6 Å². The van der Waals surface area contributed by atoms with Crippen molar-refractivity contribution in [3.63, 3.8) is 0 Å². The molecule has 0 aromatic carbocycles. The van der Waals surface area contributed by atoms with Crippen LogP contribution in [-0.2, 0) is 9.59 Å². The van der Waals surface area contributed by atoms with Crippen LogP contribution in [0.3, 0.4) is 0 Å². The van der Waals surface area contributed by atoms with E-state index in [1.165, 1.54) is 0 Å². The number of aliphatic carboxylic acids is 1. The zero-order valence-corrected chi connectivity index (χ0v) is 10.7. The third kappa shape index (κ3) is 7.32. The van der Waals surface area contributed by atoms with Crippen LogP contribution in [0.5, 0.6) is 0 Å². The summed E-state index contributed by atoms with van der Waals surface area (Å²) in [5, 5.41) is 13.7. The Labute approximate surface area is 101 Å². The Morgan fingerprint density at radius 3 is 2.12 bits per heavy atom. The van der Waals surface area contributed by atoms with Crippen LogP contribution in [0, 0.1) is 0 Å². The summed E-state index contributed by atoms with van der Waals surface area (Å²) >= 11 is 0. The molecule has 0 aliphatic rings. The molecular formula is C11H20N2O4. The van der Waals surface area contributed by atoms with Crippen LogP contribution in [-0.4, -0.2) is 34.5 Å². The van der Waals surface area contributed by atoms with Crippen LogP contribution in [0.25, 0.3) is 0 Å². The average molecular weight is 244 g/mol. The van der Waals surface area contributed by atoms with Crippen molar-refractivity contribution < 1.29 is 19.5 Å². The number of hydrogen-bond donors (Lipinski definition) is 3. The molecule has 0 saturated heterocycles. The van der Waals surface area contributed by atoms with Crippen molar-refractivity contribution in [1.82, 2.24) is 10.6 Å². The Morgan fingerprint density at radius 1 is 1.24 bits per heavy atom. The number of urea groups is 1. The largest absolute Gasteiger partial charge is 0.480 e. The van der Waals surface area contributed by atoms with Gasteiger partial charge in [0.05, 0.1) is 0 Å². The van der Waals surface area contributed by atoms with E-state index in [4.69, 9.17) is 5.11 Å². The maximum atomic E-state index is 11.4. The number of carboxylic acid groups (broad SMARTS) is 1. The van der Waals surface area contributed by atoms with E-state index in [2.05, 4.69) is 10.6 Å². The molecule has 6 heteroatoms. The van der Waals surface area contributed by atoms with E-state index in [9.17, 15) is 14.4 Å². The van der Waals surface area contributed by atoms with Crippen LogP contribution in [0.1, 0.15) is 40.5 Å². The molecule has 3 N–H and O–H groups in total. The van der Waals surface area contributed by atoms with E-state index in [0.29, 0.717) is 0 Å². The lowest BCUT2D eigenvalue weighted by molar-refractivity contribution is -0.141. The molecule has 6 nitrogen and oxygen atoms in total. The monoisotopic (exact) mass is 244 g/mol. The lowest BCUT2D eigenvalue weighted by atomic mass is 10.1. The second-order valence-corrected chi connectivity index (χ2v) is 4.84. The Morgan fingerprint density at radius 2 is 1.76 bits per heavy atom. The SMILES string of the molecule is CCC(=O)CC(NC(=O)NC(C)(C)C)C(=O)O. The first-order valence-electron chi connectivity index (χ1n) is 5.49. The van der Waals surface area contributed by atoms with Crippen molar-refractivity contribution in [2.75, 3.05) is 0 Å². The molecule has 0 aliphatic heterocycles. The van der Waals surface area contributed by atoms with E-state index in [0.717, 1.165) is 0 Å². The second kappa shape index (κ2) is 6.22. The zero-order valence-electron chi connectivity index (χ0n) is 10.7.